The zero-order chi connectivity index (χ0) is 13.5. The van der Waals surface area contributed by atoms with Crippen molar-refractivity contribution in [2.24, 2.45) is 0 Å². The highest BCUT2D eigenvalue weighted by Gasteiger charge is 2.19. The molecule has 0 aliphatic heterocycles. The molecule has 1 heterocycles. The summed E-state index contributed by atoms with van der Waals surface area (Å²) in [5, 5.41) is 13.3. The number of amides is 2. The molecule has 2 N–H and O–H groups in total. The Hall–Kier alpha value is -1.63. The van der Waals surface area contributed by atoms with Crippen LogP contribution in [0.5, 0.6) is 0 Å². The fourth-order valence-electron chi connectivity index (χ4n) is 1.39. The molecule has 100 valence electrons. The van der Waals surface area contributed by atoms with E-state index in [1.807, 2.05) is 5.38 Å². The molecule has 0 aromatic carbocycles. The molecule has 0 unspecified atom stereocenters. The Bertz CT molecular complexity index is 392. The van der Waals surface area contributed by atoms with E-state index in [-0.39, 0.29) is 18.6 Å². The van der Waals surface area contributed by atoms with E-state index in [1.54, 1.807) is 19.4 Å². The van der Waals surface area contributed by atoms with Gasteiger partial charge in [0.2, 0.25) is 0 Å². The van der Waals surface area contributed by atoms with Crippen molar-refractivity contribution < 1.29 is 14.7 Å². The molecule has 0 aliphatic rings. The molecule has 0 bridgehead atoms. The van der Waals surface area contributed by atoms with E-state index in [4.69, 9.17) is 5.11 Å². The van der Waals surface area contributed by atoms with Crippen LogP contribution in [0.2, 0.25) is 0 Å². The number of aliphatic carboxylic acids is 1. The molecule has 0 radical (unpaired) electrons. The van der Waals surface area contributed by atoms with Gasteiger partial charge < -0.3 is 15.3 Å². The minimum atomic E-state index is -1.02. The van der Waals surface area contributed by atoms with Crippen LogP contribution in [0.25, 0.3) is 0 Å². The fraction of sp³-hybridized carbons (Fsp3) is 0.545. The monoisotopic (exact) mass is 271 g/mol. The van der Waals surface area contributed by atoms with Gasteiger partial charge in [-0.3, -0.25) is 4.79 Å². The number of thiazole rings is 1. The maximum absolute atomic E-state index is 11.8. The van der Waals surface area contributed by atoms with Crippen molar-refractivity contribution in [1.82, 2.24) is 15.2 Å². The topological polar surface area (TPSA) is 82.5 Å². The summed E-state index contributed by atoms with van der Waals surface area (Å²) >= 11 is 1.51. The van der Waals surface area contributed by atoms with Gasteiger partial charge in [0.15, 0.2) is 0 Å². The number of carboxylic acids is 1. The minimum absolute atomic E-state index is 0.152. The summed E-state index contributed by atoms with van der Waals surface area (Å²) in [6.07, 6.45) is 0.647. The minimum Gasteiger partial charge on any atom is -0.480 e. The zero-order valence-electron chi connectivity index (χ0n) is 10.4. The Kier molecular flexibility index (Phi) is 5.57. The molecule has 1 rings (SSSR count). The predicted molar refractivity (Wildman–Crippen MR) is 68.7 cm³/mol. The van der Waals surface area contributed by atoms with Crippen LogP contribution in [0.3, 0.4) is 0 Å². The molecule has 2 amide bonds. The molecule has 0 atom stereocenters. The summed E-state index contributed by atoms with van der Waals surface area (Å²) in [6.45, 7) is 3.72. The normalized spacial score (nSPS) is 10.4. The molecule has 0 saturated heterocycles. The molecule has 1 aromatic heterocycles. The van der Waals surface area contributed by atoms with Gasteiger partial charge in [-0.15, -0.1) is 11.3 Å². The van der Waals surface area contributed by atoms with Crippen molar-refractivity contribution >= 4 is 23.3 Å². The number of rotatable bonds is 6. The number of nitrogens with zero attached hydrogens (tertiary/aromatic N) is 2. The van der Waals surface area contributed by atoms with Crippen LogP contribution in [0.15, 0.2) is 10.9 Å². The molecular weight excluding hydrogens is 254 g/mol. The van der Waals surface area contributed by atoms with Crippen molar-refractivity contribution in [3.63, 3.8) is 0 Å². The molecule has 1 aromatic rings. The fourth-order valence-corrected chi connectivity index (χ4v) is 1.99. The van der Waals surface area contributed by atoms with Gasteiger partial charge in [-0.2, -0.15) is 0 Å². The molecule has 6 nitrogen and oxygen atoms in total. The second kappa shape index (κ2) is 6.95. The van der Waals surface area contributed by atoms with Gasteiger partial charge in [0.1, 0.15) is 6.54 Å². The van der Waals surface area contributed by atoms with Crippen molar-refractivity contribution in [3.8, 4) is 0 Å². The maximum atomic E-state index is 11.8. The SMILES string of the molecule is CC(C)N(CC(=O)O)C(=O)NCCc1cscn1. The quantitative estimate of drug-likeness (QED) is 0.814. The number of hydrogen-bond donors (Lipinski definition) is 2. The maximum Gasteiger partial charge on any atom is 0.323 e. The summed E-state index contributed by atoms with van der Waals surface area (Å²) in [5.41, 5.74) is 2.66. The van der Waals surface area contributed by atoms with Gasteiger partial charge in [-0.05, 0) is 13.8 Å². The highest BCUT2D eigenvalue weighted by atomic mass is 32.1. The second-order valence-electron chi connectivity index (χ2n) is 4.08. The van der Waals surface area contributed by atoms with E-state index in [0.29, 0.717) is 13.0 Å². The van der Waals surface area contributed by atoms with Gasteiger partial charge >= 0.3 is 12.0 Å². The van der Waals surface area contributed by atoms with Gasteiger partial charge in [-0.25, -0.2) is 9.78 Å². The average molecular weight is 271 g/mol. The van der Waals surface area contributed by atoms with Crippen LogP contribution >= 0.6 is 11.3 Å². The van der Waals surface area contributed by atoms with Crippen LogP contribution < -0.4 is 5.32 Å². The van der Waals surface area contributed by atoms with Crippen molar-refractivity contribution in [3.05, 3.63) is 16.6 Å². The molecule has 0 saturated carbocycles. The predicted octanol–water partition coefficient (Wildman–Crippen LogP) is 1.19. The lowest BCUT2D eigenvalue weighted by Gasteiger charge is -2.25. The van der Waals surface area contributed by atoms with Crippen molar-refractivity contribution in [1.29, 1.82) is 0 Å². The number of carbonyl (C=O) groups is 2. The van der Waals surface area contributed by atoms with Gasteiger partial charge in [0.25, 0.3) is 0 Å². The summed E-state index contributed by atoms with van der Waals surface area (Å²) in [5.74, 6) is -1.02. The molecule has 7 heteroatoms. The lowest BCUT2D eigenvalue weighted by atomic mass is 10.3. The van der Waals surface area contributed by atoms with Gasteiger partial charge in [0.05, 0.1) is 11.2 Å². The van der Waals surface area contributed by atoms with Crippen LogP contribution in [0.4, 0.5) is 4.79 Å². The molecule has 18 heavy (non-hydrogen) atoms. The number of hydrogen-bond acceptors (Lipinski definition) is 4. The number of nitrogens with one attached hydrogen (secondary N) is 1. The van der Waals surface area contributed by atoms with E-state index in [1.165, 1.54) is 16.2 Å². The van der Waals surface area contributed by atoms with E-state index >= 15 is 0 Å². The summed E-state index contributed by atoms with van der Waals surface area (Å²) in [7, 11) is 0. The summed E-state index contributed by atoms with van der Waals surface area (Å²) in [4.78, 5) is 27.8. The lowest BCUT2D eigenvalue weighted by Crippen LogP contribution is -2.46. The molecular formula is C11H17N3O3S. The molecule has 0 fully saturated rings. The second-order valence-corrected chi connectivity index (χ2v) is 4.80. The van der Waals surface area contributed by atoms with E-state index < -0.39 is 5.97 Å². The third-order valence-electron chi connectivity index (χ3n) is 2.33. The Balaban J connectivity index is 2.39. The summed E-state index contributed by atoms with van der Waals surface area (Å²) in [6, 6.07) is -0.511. The first kappa shape index (κ1) is 14.4. The van der Waals surface area contributed by atoms with E-state index in [9.17, 15) is 9.59 Å². The van der Waals surface area contributed by atoms with Crippen LogP contribution in [-0.2, 0) is 11.2 Å². The number of urea groups is 1. The summed E-state index contributed by atoms with van der Waals surface area (Å²) < 4.78 is 0. The van der Waals surface area contributed by atoms with Crippen molar-refractivity contribution in [2.75, 3.05) is 13.1 Å². The van der Waals surface area contributed by atoms with E-state index in [0.717, 1.165) is 5.69 Å². The highest BCUT2D eigenvalue weighted by Crippen LogP contribution is 2.02. The third-order valence-corrected chi connectivity index (χ3v) is 2.97. The van der Waals surface area contributed by atoms with Gasteiger partial charge in [0, 0.05) is 24.4 Å². The Morgan fingerprint density at radius 1 is 1.56 bits per heavy atom. The van der Waals surface area contributed by atoms with Crippen LogP contribution in [-0.4, -0.2) is 46.1 Å². The van der Waals surface area contributed by atoms with Crippen molar-refractivity contribution in [2.45, 2.75) is 26.3 Å². The van der Waals surface area contributed by atoms with Gasteiger partial charge in [-0.1, -0.05) is 0 Å². The standard InChI is InChI=1S/C11H17N3O3S/c1-8(2)14(5-10(15)16)11(17)12-4-3-9-6-18-7-13-9/h6-8H,3-5H2,1-2H3,(H,12,17)(H,15,16). The Morgan fingerprint density at radius 2 is 2.28 bits per heavy atom. The molecule has 0 aliphatic carbocycles. The first-order valence-electron chi connectivity index (χ1n) is 5.64. The first-order chi connectivity index (χ1) is 8.50. The third kappa shape index (κ3) is 4.70. The number of aromatic nitrogens is 1. The smallest absolute Gasteiger partial charge is 0.323 e. The Labute approximate surface area is 110 Å². The largest absolute Gasteiger partial charge is 0.480 e. The van der Waals surface area contributed by atoms with E-state index in [2.05, 4.69) is 10.3 Å². The number of carboxylic acid groups (broad SMARTS) is 1. The Morgan fingerprint density at radius 3 is 2.78 bits per heavy atom. The average Bonchev–Trinajstić information content (AvgIpc) is 2.78. The first-order valence-corrected chi connectivity index (χ1v) is 6.58. The lowest BCUT2D eigenvalue weighted by molar-refractivity contribution is -0.138. The zero-order valence-corrected chi connectivity index (χ0v) is 11.2. The van der Waals surface area contributed by atoms with Crippen LogP contribution in [0.1, 0.15) is 19.5 Å². The molecule has 0 spiro atoms. The van der Waals surface area contributed by atoms with Crippen LogP contribution in [0, 0.1) is 0 Å². The highest BCUT2D eigenvalue weighted by molar-refractivity contribution is 7.07. The number of carbonyl (C=O) groups excluding carboxylic acids is 1.